The molecule has 1 aromatic heterocycles. The van der Waals surface area contributed by atoms with E-state index in [-0.39, 0.29) is 11.4 Å². The van der Waals surface area contributed by atoms with Crippen LogP contribution in [0.5, 0.6) is 5.88 Å². The van der Waals surface area contributed by atoms with Gasteiger partial charge in [0.25, 0.3) is 0 Å². The number of fused-ring (bicyclic) bond motifs is 1. The van der Waals surface area contributed by atoms with Gasteiger partial charge in [-0.25, -0.2) is 9.79 Å². The van der Waals surface area contributed by atoms with Gasteiger partial charge < -0.3 is 15.2 Å². The van der Waals surface area contributed by atoms with E-state index < -0.39 is 5.97 Å². The first kappa shape index (κ1) is 16.6. The molecule has 0 spiro atoms. The van der Waals surface area contributed by atoms with Gasteiger partial charge >= 0.3 is 5.97 Å². The summed E-state index contributed by atoms with van der Waals surface area (Å²) in [5, 5.41) is 20.6. The van der Waals surface area contributed by atoms with Crippen LogP contribution in [0.1, 0.15) is 21.5 Å². The van der Waals surface area contributed by atoms with Crippen molar-refractivity contribution in [1.82, 2.24) is 4.98 Å². The van der Waals surface area contributed by atoms with Gasteiger partial charge in [0.15, 0.2) is 5.88 Å². The van der Waals surface area contributed by atoms with Gasteiger partial charge in [0.1, 0.15) is 0 Å². The van der Waals surface area contributed by atoms with Gasteiger partial charge in [0, 0.05) is 16.5 Å². The second kappa shape index (κ2) is 6.80. The zero-order valence-corrected chi connectivity index (χ0v) is 14.3. The lowest BCUT2D eigenvalue weighted by atomic mass is 10.0. The molecule has 0 bridgehead atoms. The second-order valence-electron chi connectivity index (χ2n) is 6.08. The number of aromatic amines is 1. The highest BCUT2D eigenvalue weighted by atomic mass is 16.4. The number of carboxylic acid groups (broad SMARTS) is 1. The molecule has 4 aromatic rings. The molecule has 0 aliphatic heterocycles. The van der Waals surface area contributed by atoms with E-state index in [1.807, 2.05) is 54.6 Å². The highest BCUT2D eigenvalue weighted by molar-refractivity contribution is 6.21. The van der Waals surface area contributed by atoms with Crippen LogP contribution in [0.4, 0.5) is 5.69 Å². The molecule has 27 heavy (non-hydrogen) atoms. The van der Waals surface area contributed by atoms with Crippen LogP contribution in [-0.2, 0) is 0 Å². The monoisotopic (exact) mass is 356 g/mol. The van der Waals surface area contributed by atoms with Crippen molar-refractivity contribution in [3.63, 3.8) is 0 Å². The molecular formula is C22H16N2O3. The van der Waals surface area contributed by atoms with E-state index in [1.54, 1.807) is 12.1 Å². The molecule has 0 atom stereocenters. The van der Waals surface area contributed by atoms with Crippen molar-refractivity contribution in [3.8, 4) is 5.88 Å². The lowest BCUT2D eigenvalue weighted by Crippen LogP contribution is -2.03. The van der Waals surface area contributed by atoms with Gasteiger partial charge in [-0.05, 0) is 24.3 Å². The third kappa shape index (κ3) is 3.18. The highest BCUT2D eigenvalue weighted by Gasteiger charge is 2.18. The number of aliphatic imine (C=N–C) groups is 1. The minimum atomic E-state index is -1.01. The highest BCUT2D eigenvalue weighted by Crippen LogP contribution is 2.31. The van der Waals surface area contributed by atoms with Crippen molar-refractivity contribution < 1.29 is 15.0 Å². The maximum Gasteiger partial charge on any atom is 0.335 e. The molecular weight excluding hydrogens is 340 g/mol. The van der Waals surface area contributed by atoms with E-state index in [4.69, 9.17) is 4.99 Å². The second-order valence-corrected chi connectivity index (χ2v) is 6.08. The van der Waals surface area contributed by atoms with E-state index in [0.717, 1.165) is 16.5 Å². The largest absolute Gasteiger partial charge is 0.494 e. The topological polar surface area (TPSA) is 85.7 Å². The molecule has 3 aromatic carbocycles. The van der Waals surface area contributed by atoms with Crippen LogP contribution in [0.25, 0.3) is 10.9 Å². The van der Waals surface area contributed by atoms with Crippen molar-refractivity contribution in [2.45, 2.75) is 0 Å². The first-order valence-corrected chi connectivity index (χ1v) is 8.41. The third-order valence-corrected chi connectivity index (χ3v) is 4.30. The van der Waals surface area contributed by atoms with Crippen LogP contribution < -0.4 is 0 Å². The molecule has 0 aliphatic rings. The smallest absolute Gasteiger partial charge is 0.335 e. The standard InChI is InChI=1S/C22H16N2O3/c25-21-19(17-11-4-5-12-18(17)24-21)20(14-7-2-1-3-8-14)23-16-10-6-9-15(13-16)22(26)27/h1-13,24-25H,(H,26,27). The number of nitrogens with zero attached hydrogens (tertiary/aromatic N) is 1. The van der Waals surface area contributed by atoms with E-state index >= 15 is 0 Å². The lowest BCUT2D eigenvalue weighted by molar-refractivity contribution is 0.0697. The Balaban J connectivity index is 1.97. The number of benzene rings is 3. The number of carboxylic acids is 1. The quantitative estimate of drug-likeness (QED) is 0.462. The summed E-state index contributed by atoms with van der Waals surface area (Å²) in [6.07, 6.45) is 0. The molecule has 5 heteroatoms. The van der Waals surface area contributed by atoms with Crippen molar-refractivity contribution in [3.05, 3.63) is 95.6 Å². The maximum atomic E-state index is 11.3. The Kier molecular flexibility index (Phi) is 4.18. The van der Waals surface area contributed by atoms with Crippen molar-refractivity contribution in [2.24, 2.45) is 4.99 Å². The molecule has 0 radical (unpaired) electrons. The number of hydrogen-bond donors (Lipinski definition) is 3. The van der Waals surface area contributed by atoms with E-state index in [9.17, 15) is 15.0 Å². The number of aromatic nitrogens is 1. The normalized spacial score (nSPS) is 11.6. The molecule has 1 heterocycles. The van der Waals surface area contributed by atoms with Gasteiger partial charge in [-0.3, -0.25) is 0 Å². The first-order chi connectivity index (χ1) is 13.1. The van der Waals surface area contributed by atoms with Crippen LogP contribution in [-0.4, -0.2) is 26.9 Å². The summed E-state index contributed by atoms with van der Waals surface area (Å²) in [5.41, 5.74) is 3.42. The number of aromatic hydroxyl groups is 1. The maximum absolute atomic E-state index is 11.3. The van der Waals surface area contributed by atoms with Crippen LogP contribution in [0, 0.1) is 0 Å². The SMILES string of the molecule is O=C(O)c1cccc(N=C(c2ccccc2)c2c(O)[nH]c3ccccc23)c1. The Hall–Kier alpha value is -3.86. The number of carbonyl (C=O) groups is 1. The fourth-order valence-electron chi connectivity index (χ4n) is 3.07. The van der Waals surface area contributed by atoms with E-state index in [1.165, 1.54) is 12.1 Å². The van der Waals surface area contributed by atoms with Crippen LogP contribution >= 0.6 is 0 Å². The Labute approximate surface area is 155 Å². The summed E-state index contributed by atoms with van der Waals surface area (Å²) in [6, 6.07) is 23.5. The number of aromatic carboxylic acids is 1. The Morgan fingerprint density at radius 1 is 0.852 bits per heavy atom. The van der Waals surface area contributed by atoms with Crippen molar-refractivity contribution in [2.75, 3.05) is 0 Å². The average Bonchev–Trinajstić information content (AvgIpc) is 3.02. The number of rotatable bonds is 4. The van der Waals surface area contributed by atoms with Gasteiger partial charge in [0.2, 0.25) is 0 Å². The van der Waals surface area contributed by atoms with Gasteiger partial charge in [0.05, 0.1) is 22.5 Å². The molecule has 3 N–H and O–H groups in total. The predicted molar refractivity (Wildman–Crippen MR) is 105 cm³/mol. The minimum Gasteiger partial charge on any atom is -0.494 e. The van der Waals surface area contributed by atoms with Crippen LogP contribution in [0.2, 0.25) is 0 Å². The Morgan fingerprint density at radius 2 is 1.56 bits per heavy atom. The number of para-hydroxylation sites is 1. The Bertz CT molecular complexity index is 1160. The molecule has 4 rings (SSSR count). The average molecular weight is 356 g/mol. The zero-order valence-electron chi connectivity index (χ0n) is 14.3. The molecule has 0 amide bonds. The molecule has 0 fully saturated rings. The zero-order chi connectivity index (χ0) is 18.8. The summed E-state index contributed by atoms with van der Waals surface area (Å²) >= 11 is 0. The minimum absolute atomic E-state index is 0.0215. The van der Waals surface area contributed by atoms with Crippen LogP contribution in [0.15, 0.2) is 83.9 Å². The van der Waals surface area contributed by atoms with Crippen LogP contribution in [0.3, 0.4) is 0 Å². The van der Waals surface area contributed by atoms with Gasteiger partial charge in [-0.15, -0.1) is 0 Å². The van der Waals surface area contributed by atoms with Crippen molar-refractivity contribution in [1.29, 1.82) is 0 Å². The first-order valence-electron chi connectivity index (χ1n) is 8.41. The van der Waals surface area contributed by atoms with Gasteiger partial charge in [-0.1, -0.05) is 54.6 Å². The molecule has 132 valence electrons. The number of hydrogen-bond acceptors (Lipinski definition) is 3. The summed E-state index contributed by atoms with van der Waals surface area (Å²) in [4.78, 5) is 18.9. The summed E-state index contributed by atoms with van der Waals surface area (Å²) in [6.45, 7) is 0. The van der Waals surface area contributed by atoms with E-state index in [0.29, 0.717) is 17.0 Å². The third-order valence-electron chi connectivity index (χ3n) is 4.30. The van der Waals surface area contributed by atoms with Gasteiger partial charge in [-0.2, -0.15) is 0 Å². The Morgan fingerprint density at radius 3 is 2.33 bits per heavy atom. The molecule has 0 unspecified atom stereocenters. The number of H-pyrrole nitrogens is 1. The fourth-order valence-corrected chi connectivity index (χ4v) is 3.07. The summed E-state index contributed by atoms with van der Waals surface area (Å²) < 4.78 is 0. The summed E-state index contributed by atoms with van der Waals surface area (Å²) in [5.74, 6) is -0.989. The van der Waals surface area contributed by atoms with Crippen molar-refractivity contribution >= 4 is 28.3 Å². The molecule has 5 nitrogen and oxygen atoms in total. The molecule has 0 saturated heterocycles. The number of nitrogens with one attached hydrogen (secondary N) is 1. The lowest BCUT2D eigenvalue weighted by Gasteiger charge is -2.08. The molecule has 0 aliphatic carbocycles. The molecule has 0 saturated carbocycles. The van der Waals surface area contributed by atoms with E-state index in [2.05, 4.69) is 4.98 Å². The fraction of sp³-hybridized carbons (Fsp3) is 0. The predicted octanol–water partition coefficient (Wildman–Crippen LogP) is 4.74. The summed E-state index contributed by atoms with van der Waals surface area (Å²) in [7, 11) is 0.